The zero-order valence-electron chi connectivity index (χ0n) is 10.2. The minimum atomic E-state index is -0.0385. The number of hydrogen-bond donors (Lipinski definition) is 2. The van der Waals surface area contributed by atoms with Crippen molar-refractivity contribution in [2.75, 3.05) is 18.9 Å². The van der Waals surface area contributed by atoms with Gasteiger partial charge in [0, 0.05) is 18.3 Å². The van der Waals surface area contributed by atoms with Gasteiger partial charge in [-0.15, -0.1) is 0 Å². The van der Waals surface area contributed by atoms with Crippen LogP contribution in [0.5, 0.6) is 0 Å². The SMILES string of the molecule is Nc1ccc(/C=C/C(=O)N2CCCC2CO)cc1. The van der Waals surface area contributed by atoms with E-state index in [1.165, 1.54) is 0 Å². The van der Waals surface area contributed by atoms with Crippen LogP contribution in [0.15, 0.2) is 30.3 Å². The Balaban J connectivity index is 2.00. The highest BCUT2D eigenvalue weighted by Gasteiger charge is 2.26. The van der Waals surface area contributed by atoms with Crippen LogP contribution in [-0.2, 0) is 4.79 Å². The predicted octanol–water partition coefficient (Wildman–Crippen LogP) is 1.27. The zero-order valence-corrected chi connectivity index (χ0v) is 10.2. The summed E-state index contributed by atoms with van der Waals surface area (Å²) in [7, 11) is 0. The number of nitrogen functional groups attached to an aromatic ring is 1. The fraction of sp³-hybridized carbons (Fsp3) is 0.357. The van der Waals surface area contributed by atoms with Crippen LogP contribution < -0.4 is 5.73 Å². The molecule has 1 amide bonds. The van der Waals surface area contributed by atoms with Crippen molar-refractivity contribution in [1.29, 1.82) is 0 Å². The summed E-state index contributed by atoms with van der Waals surface area (Å²) < 4.78 is 0. The minimum Gasteiger partial charge on any atom is -0.399 e. The Kier molecular flexibility index (Phi) is 3.99. The van der Waals surface area contributed by atoms with E-state index in [9.17, 15) is 4.79 Å². The Hall–Kier alpha value is -1.81. The summed E-state index contributed by atoms with van der Waals surface area (Å²) in [6.45, 7) is 0.775. The lowest BCUT2D eigenvalue weighted by atomic mass is 10.2. The van der Waals surface area contributed by atoms with Crippen molar-refractivity contribution < 1.29 is 9.90 Å². The quantitative estimate of drug-likeness (QED) is 0.623. The molecule has 1 saturated heterocycles. The Morgan fingerprint density at radius 1 is 1.44 bits per heavy atom. The average Bonchev–Trinajstić information content (AvgIpc) is 2.86. The molecule has 1 aromatic carbocycles. The lowest BCUT2D eigenvalue weighted by molar-refractivity contribution is -0.127. The Labute approximate surface area is 107 Å². The van der Waals surface area contributed by atoms with Gasteiger partial charge in [-0.05, 0) is 36.6 Å². The number of carbonyl (C=O) groups is 1. The van der Waals surface area contributed by atoms with E-state index in [4.69, 9.17) is 10.8 Å². The van der Waals surface area contributed by atoms with Gasteiger partial charge in [0.05, 0.1) is 12.6 Å². The van der Waals surface area contributed by atoms with Gasteiger partial charge in [-0.2, -0.15) is 0 Å². The summed E-state index contributed by atoms with van der Waals surface area (Å²) in [5.41, 5.74) is 7.24. The number of aliphatic hydroxyl groups excluding tert-OH is 1. The standard InChI is InChI=1S/C14H18N2O2/c15-12-6-3-11(4-7-12)5-8-14(18)16-9-1-2-13(16)10-17/h3-8,13,17H,1-2,9-10,15H2/b8-5+. The highest BCUT2D eigenvalue weighted by Crippen LogP contribution is 2.17. The van der Waals surface area contributed by atoms with E-state index in [2.05, 4.69) is 0 Å². The number of hydrogen-bond acceptors (Lipinski definition) is 3. The summed E-state index contributed by atoms with van der Waals surface area (Å²) in [6.07, 6.45) is 5.18. The van der Waals surface area contributed by atoms with E-state index in [0.717, 1.165) is 24.9 Å². The van der Waals surface area contributed by atoms with Crippen molar-refractivity contribution >= 4 is 17.7 Å². The van der Waals surface area contributed by atoms with Crippen molar-refractivity contribution in [3.05, 3.63) is 35.9 Å². The van der Waals surface area contributed by atoms with E-state index in [1.54, 1.807) is 29.2 Å². The fourth-order valence-corrected chi connectivity index (χ4v) is 2.19. The molecule has 1 unspecified atom stereocenters. The van der Waals surface area contributed by atoms with Gasteiger partial charge in [-0.1, -0.05) is 12.1 Å². The first kappa shape index (κ1) is 12.6. The van der Waals surface area contributed by atoms with Gasteiger partial charge in [-0.25, -0.2) is 0 Å². The number of rotatable bonds is 3. The van der Waals surface area contributed by atoms with Crippen molar-refractivity contribution in [3.8, 4) is 0 Å². The maximum absolute atomic E-state index is 12.0. The minimum absolute atomic E-state index is 0.0198. The van der Waals surface area contributed by atoms with Crippen molar-refractivity contribution in [3.63, 3.8) is 0 Å². The number of carbonyl (C=O) groups excluding carboxylic acids is 1. The fourth-order valence-electron chi connectivity index (χ4n) is 2.19. The van der Waals surface area contributed by atoms with E-state index in [-0.39, 0.29) is 18.6 Å². The topological polar surface area (TPSA) is 66.6 Å². The highest BCUT2D eigenvalue weighted by molar-refractivity contribution is 5.92. The first-order chi connectivity index (χ1) is 8.70. The predicted molar refractivity (Wildman–Crippen MR) is 71.7 cm³/mol. The van der Waals surface area contributed by atoms with E-state index in [1.807, 2.05) is 12.1 Å². The third kappa shape index (κ3) is 2.90. The van der Waals surface area contributed by atoms with Gasteiger partial charge in [0.1, 0.15) is 0 Å². The third-order valence-electron chi connectivity index (χ3n) is 3.23. The molecular weight excluding hydrogens is 228 g/mol. The summed E-state index contributed by atoms with van der Waals surface area (Å²) >= 11 is 0. The molecule has 1 aliphatic heterocycles. The monoisotopic (exact) mass is 246 g/mol. The largest absolute Gasteiger partial charge is 0.399 e. The van der Waals surface area contributed by atoms with Crippen molar-refractivity contribution in [2.45, 2.75) is 18.9 Å². The van der Waals surface area contributed by atoms with Gasteiger partial charge in [-0.3, -0.25) is 4.79 Å². The molecule has 0 aliphatic carbocycles. The van der Waals surface area contributed by atoms with Gasteiger partial charge in [0.2, 0.25) is 5.91 Å². The first-order valence-corrected chi connectivity index (χ1v) is 6.16. The number of amides is 1. The van der Waals surface area contributed by atoms with Crippen LogP contribution in [0, 0.1) is 0 Å². The van der Waals surface area contributed by atoms with Gasteiger partial charge in [0.25, 0.3) is 0 Å². The number of nitrogens with zero attached hydrogens (tertiary/aromatic N) is 1. The summed E-state index contributed by atoms with van der Waals surface area (Å²) in [4.78, 5) is 13.7. The molecule has 1 aliphatic rings. The lowest BCUT2D eigenvalue weighted by Crippen LogP contribution is -2.36. The molecule has 1 fully saturated rings. The molecule has 1 atom stereocenters. The number of anilines is 1. The average molecular weight is 246 g/mol. The van der Waals surface area contributed by atoms with Gasteiger partial charge >= 0.3 is 0 Å². The maximum atomic E-state index is 12.0. The van der Waals surface area contributed by atoms with Crippen LogP contribution in [0.3, 0.4) is 0 Å². The second-order valence-corrected chi connectivity index (χ2v) is 4.51. The summed E-state index contributed by atoms with van der Waals surface area (Å²) in [5, 5.41) is 9.17. The van der Waals surface area contributed by atoms with Crippen LogP contribution in [0.25, 0.3) is 6.08 Å². The molecule has 1 aromatic rings. The van der Waals surface area contributed by atoms with Crippen LogP contribution in [-0.4, -0.2) is 35.1 Å². The van der Waals surface area contributed by atoms with Crippen LogP contribution >= 0.6 is 0 Å². The second kappa shape index (κ2) is 5.69. The number of aliphatic hydroxyl groups is 1. The molecule has 4 nitrogen and oxygen atoms in total. The van der Waals surface area contributed by atoms with Gasteiger partial charge < -0.3 is 15.7 Å². The van der Waals surface area contributed by atoms with Crippen molar-refractivity contribution in [1.82, 2.24) is 4.90 Å². The molecule has 3 N–H and O–H groups in total. The number of benzene rings is 1. The third-order valence-corrected chi connectivity index (χ3v) is 3.23. The normalized spacial score (nSPS) is 19.6. The van der Waals surface area contributed by atoms with Gasteiger partial charge in [0.15, 0.2) is 0 Å². The molecule has 0 bridgehead atoms. The highest BCUT2D eigenvalue weighted by atomic mass is 16.3. The Bertz CT molecular complexity index is 440. The molecule has 0 saturated carbocycles. The smallest absolute Gasteiger partial charge is 0.246 e. The zero-order chi connectivity index (χ0) is 13.0. The van der Waals surface area contributed by atoms with E-state index >= 15 is 0 Å². The number of nitrogens with two attached hydrogens (primary N) is 1. The molecular formula is C14H18N2O2. The van der Waals surface area contributed by atoms with Crippen LogP contribution in [0.1, 0.15) is 18.4 Å². The molecule has 0 radical (unpaired) electrons. The Morgan fingerprint density at radius 2 is 2.17 bits per heavy atom. The first-order valence-electron chi connectivity index (χ1n) is 6.16. The summed E-state index contributed by atoms with van der Waals surface area (Å²) in [6, 6.07) is 7.32. The molecule has 4 heteroatoms. The van der Waals surface area contributed by atoms with E-state index < -0.39 is 0 Å². The van der Waals surface area contributed by atoms with Crippen molar-refractivity contribution in [2.24, 2.45) is 0 Å². The van der Waals surface area contributed by atoms with E-state index in [0.29, 0.717) is 5.69 Å². The molecule has 0 aromatic heterocycles. The molecule has 0 spiro atoms. The Morgan fingerprint density at radius 3 is 2.83 bits per heavy atom. The van der Waals surface area contributed by atoms with Crippen LogP contribution in [0.2, 0.25) is 0 Å². The second-order valence-electron chi connectivity index (χ2n) is 4.51. The maximum Gasteiger partial charge on any atom is 0.246 e. The summed E-state index contributed by atoms with van der Waals surface area (Å²) in [5.74, 6) is -0.0385. The molecule has 1 heterocycles. The lowest BCUT2D eigenvalue weighted by Gasteiger charge is -2.21. The number of likely N-dealkylation sites (tertiary alicyclic amines) is 1. The molecule has 96 valence electrons. The molecule has 18 heavy (non-hydrogen) atoms. The van der Waals surface area contributed by atoms with Crippen LogP contribution in [0.4, 0.5) is 5.69 Å². The molecule has 2 rings (SSSR count).